The Labute approximate surface area is 40.8 Å². The second-order valence-corrected chi connectivity index (χ2v) is 1.80. The van der Waals surface area contributed by atoms with E-state index >= 15 is 0 Å². The molecule has 1 atom stereocenters. The van der Waals surface area contributed by atoms with Crippen LogP contribution in [0.5, 0.6) is 0 Å². The first kappa shape index (κ1) is 7.06. The molecule has 2 N–H and O–H groups in total. The van der Waals surface area contributed by atoms with Crippen molar-refractivity contribution in [1.82, 2.24) is 0 Å². The molecule has 0 aliphatic carbocycles. The molecule has 0 rings (SSSR count). The third kappa shape index (κ3) is 2.72. The second-order valence-electron chi connectivity index (χ2n) is 0.743. The van der Waals surface area contributed by atoms with Crippen LogP contribution in [0.25, 0.3) is 0 Å². The van der Waals surface area contributed by atoms with Crippen molar-refractivity contribution in [2.75, 3.05) is 0 Å². The molecule has 0 aromatic rings. The minimum Gasteiger partial charge on any atom is -0.591 e. The van der Waals surface area contributed by atoms with Gasteiger partial charge < -0.3 is 4.55 Å². The summed E-state index contributed by atoms with van der Waals surface area (Å²) in [5.41, 5.74) is -4.75. The molecule has 2 nitrogen and oxygen atoms in total. The fourth-order valence-corrected chi connectivity index (χ4v) is 0. The molecular weight excluding hydrogens is 131 g/mol. The van der Waals surface area contributed by atoms with E-state index in [4.69, 9.17) is 0 Å². The molecule has 0 fully saturated rings. The molecule has 0 saturated carbocycles. The van der Waals surface area contributed by atoms with Crippen LogP contribution in [0.4, 0.5) is 13.2 Å². The minimum absolute atomic E-state index is 3.18. The number of hydrogen-bond donors (Lipinski definition) is 1. The van der Waals surface area contributed by atoms with Gasteiger partial charge in [0.05, 0.1) is 0 Å². The molecule has 1 unspecified atom stereocenters. The van der Waals surface area contributed by atoms with Crippen molar-refractivity contribution in [3.05, 3.63) is 0 Å². The normalized spacial score (nSPS) is 16.7. The highest BCUT2D eigenvalue weighted by Gasteiger charge is 2.42. The Hall–Kier alpha value is 0.0600. The predicted octanol–water partition coefficient (Wildman–Crippen LogP) is 0.129. The van der Waals surface area contributed by atoms with E-state index in [0.717, 1.165) is 0 Å². The average Bonchev–Trinajstić information content (AvgIpc) is 1.31. The monoisotopic (exact) mass is 133 g/mol. The van der Waals surface area contributed by atoms with Crippen molar-refractivity contribution >= 4 is 11.4 Å². The van der Waals surface area contributed by atoms with Crippen LogP contribution in [0.15, 0.2) is 0 Å². The lowest BCUT2D eigenvalue weighted by atomic mass is 11.6. The van der Waals surface area contributed by atoms with Gasteiger partial charge in [0.2, 0.25) is 0 Å². The van der Waals surface area contributed by atoms with Crippen molar-refractivity contribution in [2.45, 2.75) is 5.51 Å². The molecule has 7 heavy (non-hydrogen) atoms. The average molecular weight is 133 g/mol. The van der Waals surface area contributed by atoms with E-state index in [2.05, 4.69) is 5.14 Å². The fourth-order valence-electron chi connectivity index (χ4n) is 0. The van der Waals surface area contributed by atoms with E-state index in [0.29, 0.717) is 0 Å². The minimum atomic E-state index is -4.75. The Balaban J connectivity index is 3.54. The molecule has 0 bridgehead atoms. The number of alkyl halides is 3. The largest absolute Gasteiger partial charge is 0.592 e. The molecule has 0 spiro atoms. The first-order valence-corrected chi connectivity index (χ1v) is 2.39. The molecule has 0 radical (unpaired) electrons. The third-order valence-corrected chi connectivity index (χ3v) is 0.684. The maximum absolute atomic E-state index is 10.8. The van der Waals surface area contributed by atoms with E-state index < -0.39 is 16.9 Å². The van der Waals surface area contributed by atoms with Crippen molar-refractivity contribution < 1.29 is 17.7 Å². The van der Waals surface area contributed by atoms with Gasteiger partial charge in [0.25, 0.3) is 0 Å². The Bertz CT molecular complexity index is 60.4. The number of halogens is 3. The van der Waals surface area contributed by atoms with Gasteiger partial charge in [0.1, 0.15) is 0 Å². The van der Waals surface area contributed by atoms with Gasteiger partial charge in [-0.3, -0.25) is 0 Å². The summed E-state index contributed by atoms with van der Waals surface area (Å²) in [6.07, 6.45) is 0. The zero-order valence-corrected chi connectivity index (χ0v) is 3.84. The number of rotatable bonds is 0. The molecule has 0 aromatic heterocycles. The van der Waals surface area contributed by atoms with Crippen LogP contribution in [0.1, 0.15) is 0 Å². The van der Waals surface area contributed by atoms with Gasteiger partial charge in [0, 0.05) is 0 Å². The highest BCUT2D eigenvalue weighted by Crippen LogP contribution is 2.18. The van der Waals surface area contributed by atoms with Crippen LogP contribution >= 0.6 is 0 Å². The van der Waals surface area contributed by atoms with E-state index in [1.807, 2.05) is 0 Å². The van der Waals surface area contributed by atoms with Gasteiger partial charge >= 0.3 is 5.51 Å². The van der Waals surface area contributed by atoms with Crippen LogP contribution in [-0.2, 0) is 11.4 Å². The molecule has 0 amide bonds. The van der Waals surface area contributed by atoms with Crippen molar-refractivity contribution in [1.29, 1.82) is 0 Å². The highest BCUT2D eigenvalue weighted by atomic mass is 32.2. The van der Waals surface area contributed by atoms with E-state index in [9.17, 15) is 17.7 Å². The topological polar surface area (TPSA) is 49.1 Å². The van der Waals surface area contributed by atoms with E-state index in [1.54, 1.807) is 0 Å². The molecule has 0 saturated heterocycles. The highest BCUT2D eigenvalue weighted by molar-refractivity contribution is 7.90. The van der Waals surface area contributed by atoms with Crippen molar-refractivity contribution in [3.63, 3.8) is 0 Å². The molecule has 0 heterocycles. The van der Waals surface area contributed by atoms with Gasteiger partial charge in [-0.2, -0.15) is 0 Å². The third-order valence-electron chi connectivity index (χ3n) is 0.228. The lowest BCUT2D eigenvalue weighted by molar-refractivity contribution is -0.0435. The summed E-state index contributed by atoms with van der Waals surface area (Å²) < 4.78 is 41.5. The Kier molecular flexibility index (Phi) is 1.91. The van der Waals surface area contributed by atoms with Gasteiger partial charge in [0.15, 0.2) is 11.4 Å². The molecular formula is CH2F3NOS. The van der Waals surface area contributed by atoms with Crippen molar-refractivity contribution in [3.8, 4) is 0 Å². The summed E-state index contributed by atoms with van der Waals surface area (Å²) in [4.78, 5) is 0. The lowest BCUT2D eigenvalue weighted by Crippen LogP contribution is -2.30. The SMILES string of the molecule is N[S+]([O-])C(F)(F)F. The van der Waals surface area contributed by atoms with Crippen LogP contribution < -0.4 is 5.14 Å². The number of nitrogens with two attached hydrogens (primary N) is 1. The van der Waals surface area contributed by atoms with Gasteiger partial charge in [-0.1, -0.05) is 0 Å². The molecule has 0 aliphatic rings. The molecule has 6 heteroatoms. The van der Waals surface area contributed by atoms with E-state index in [-0.39, 0.29) is 0 Å². The van der Waals surface area contributed by atoms with Crippen LogP contribution in [0.3, 0.4) is 0 Å². The van der Waals surface area contributed by atoms with Crippen molar-refractivity contribution in [2.24, 2.45) is 5.14 Å². The number of hydrogen-bond acceptors (Lipinski definition) is 2. The first-order chi connectivity index (χ1) is 2.94. The quantitative estimate of drug-likeness (QED) is 0.477. The predicted molar refractivity (Wildman–Crippen MR) is 18.4 cm³/mol. The zero-order valence-electron chi connectivity index (χ0n) is 3.03. The lowest BCUT2D eigenvalue weighted by Gasteiger charge is -2.03. The summed E-state index contributed by atoms with van der Waals surface area (Å²) in [5.74, 6) is 0. The Morgan fingerprint density at radius 1 is 1.43 bits per heavy atom. The summed E-state index contributed by atoms with van der Waals surface area (Å²) >= 11 is -3.18. The van der Waals surface area contributed by atoms with Gasteiger partial charge in [-0.15, -0.1) is 18.3 Å². The van der Waals surface area contributed by atoms with Crippen LogP contribution in [0, 0.1) is 0 Å². The van der Waals surface area contributed by atoms with E-state index in [1.165, 1.54) is 0 Å². The summed E-state index contributed by atoms with van der Waals surface area (Å²) in [6, 6.07) is 0. The Morgan fingerprint density at radius 3 is 1.57 bits per heavy atom. The summed E-state index contributed by atoms with van der Waals surface area (Å²) in [7, 11) is 0. The maximum Gasteiger partial charge on any atom is 0.592 e. The van der Waals surface area contributed by atoms with Gasteiger partial charge in [-0.05, 0) is 0 Å². The smallest absolute Gasteiger partial charge is 0.591 e. The van der Waals surface area contributed by atoms with Gasteiger partial charge in [-0.25, -0.2) is 0 Å². The first-order valence-electron chi connectivity index (χ1n) is 1.17. The Morgan fingerprint density at radius 2 is 1.57 bits per heavy atom. The summed E-state index contributed by atoms with van der Waals surface area (Å²) in [5, 5.41) is 3.92. The van der Waals surface area contributed by atoms with Crippen LogP contribution in [-0.4, -0.2) is 10.1 Å². The maximum atomic E-state index is 10.8. The van der Waals surface area contributed by atoms with Crippen LogP contribution in [0.2, 0.25) is 0 Å². The molecule has 44 valence electrons. The summed E-state index contributed by atoms with van der Waals surface area (Å²) in [6.45, 7) is 0. The zero-order chi connectivity index (χ0) is 6.08. The fraction of sp³-hybridized carbons (Fsp3) is 1.00. The standard InChI is InChI=1S/CH2F3NOS/c2-1(3,4)7(5)6/h5H2. The molecule has 0 aromatic carbocycles. The molecule has 0 aliphatic heterocycles. The second kappa shape index (κ2) is 1.89.